The van der Waals surface area contributed by atoms with Crippen molar-refractivity contribution in [2.45, 2.75) is 18.6 Å². The zero-order valence-corrected chi connectivity index (χ0v) is 11.0. The van der Waals surface area contributed by atoms with Gasteiger partial charge < -0.3 is 10.4 Å². The van der Waals surface area contributed by atoms with Crippen molar-refractivity contribution in [3.8, 4) is 0 Å². The topological polar surface area (TPSA) is 49.3 Å². The molecule has 0 spiro atoms. The summed E-state index contributed by atoms with van der Waals surface area (Å²) in [6.07, 6.45) is 1.51. The standard InChI is InChI=1S/C13H18FNO2S/c14-12-5-3-11(4-6-12)9-18-10-13(17)15-7-1-2-8-16/h3-6,16H,1-2,7-10H2,(H,15,17). The van der Waals surface area contributed by atoms with E-state index in [-0.39, 0.29) is 18.3 Å². The maximum atomic E-state index is 12.7. The van der Waals surface area contributed by atoms with Gasteiger partial charge in [-0.2, -0.15) is 0 Å². The number of amides is 1. The van der Waals surface area contributed by atoms with Crippen molar-refractivity contribution in [2.24, 2.45) is 0 Å². The van der Waals surface area contributed by atoms with Crippen LogP contribution in [0.2, 0.25) is 0 Å². The Labute approximate surface area is 111 Å². The van der Waals surface area contributed by atoms with Crippen molar-refractivity contribution in [1.82, 2.24) is 5.32 Å². The molecule has 0 saturated carbocycles. The fourth-order valence-electron chi connectivity index (χ4n) is 1.36. The van der Waals surface area contributed by atoms with Crippen molar-refractivity contribution in [1.29, 1.82) is 0 Å². The zero-order chi connectivity index (χ0) is 13.2. The van der Waals surface area contributed by atoms with Crippen LogP contribution >= 0.6 is 11.8 Å². The normalized spacial score (nSPS) is 10.3. The highest BCUT2D eigenvalue weighted by atomic mass is 32.2. The Bertz CT molecular complexity index is 357. The molecule has 0 radical (unpaired) electrons. The van der Waals surface area contributed by atoms with E-state index in [1.165, 1.54) is 23.9 Å². The molecule has 0 aliphatic carbocycles. The fraction of sp³-hybridized carbons (Fsp3) is 0.462. The average molecular weight is 271 g/mol. The van der Waals surface area contributed by atoms with Crippen LogP contribution in [0.4, 0.5) is 4.39 Å². The van der Waals surface area contributed by atoms with E-state index >= 15 is 0 Å². The molecule has 2 N–H and O–H groups in total. The first-order valence-electron chi connectivity index (χ1n) is 5.92. The van der Waals surface area contributed by atoms with Crippen LogP contribution in [-0.4, -0.2) is 29.9 Å². The van der Waals surface area contributed by atoms with Gasteiger partial charge >= 0.3 is 0 Å². The van der Waals surface area contributed by atoms with Crippen molar-refractivity contribution >= 4 is 17.7 Å². The number of carbonyl (C=O) groups excluding carboxylic acids is 1. The van der Waals surface area contributed by atoms with Crippen LogP contribution in [0.25, 0.3) is 0 Å². The Morgan fingerprint density at radius 2 is 2.00 bits per heavy atom. The lowest BCUT2D eigenvalue weighted by Gasteiger charge is -2.04. The Balaban J connectivity index is 2.10. The van der Waals surface area contributed by atoms with Crippen molar-refractivity contribution in [3.05, 3.63) is 35.6 Å². The van der Waals surface area contributed by atoms with Gasteiger partial charge in [0.25, 0.3) is 0 Å². The van der Waals surface area contributed by atoms with E-state index in [1.807, 2.05) is 0 Å². The van der Waals surface area contributed by atoms with Crippen LogP contribution in [0, 0.1) is 5.82 Å². The first-order valence-corrected chi connectivity index (χ1v) is 7.07. The van der Waals surface area contributed by atoms with Crippen LogP contribution < -0.4 is 5.32 Å². The third-order valence-corrected chi connectivity index (χ3v) is 3.33. The summed E-state index contributed by atoms with van der Waals surface area (Å²) in [5, 5.41) is 11.4. The van der Waals surface area contributed by atoms with Gasteiger partial charge in [0.2, 0.25) is 5.91 Å². The lowest BCUT2D eigenvalue weighted by molar-refractivity contribution is -0.118. The van der Waals surface area contributed by atoms with Crippen LogP contribution in [0.3, 0.4) is 0 Å². The summed E-state index contributed by atoms with van der Waals surface area (Å²) in [5.74, 6) is 0.853. The molecule has 0 aromatic heterocycles. The molecule has 0 aliphatic heterocycles. The molecule has 0 unspecified atom stereocenters. The maximum absolute atomic E-state index is 12.7. The summed E-state index contributed by atoms with van der Waals surface area (Å²) < 4.78 is 12.7. The van der Waals surface area contributed by atoms with Crippen LogP contribution in [0.5, 0.6) is 0 Å². The number of hydrogen-bond acceptors (Lipinski definition) is 3. The molecule has 1 aromatic rings. The lowest BCUT2D eigenvalue weighted by Crippen LogP contribution is -2.26. The number of benzene rings is 1. The van der Waals surface area contributed by atoms with E-state index in [4.69, 9.17) is 5.11 Å². The third kappa shape index (κ3) is 6.61. The number of unbranched alkanes of at least 4 members (excludes halogenated alkanes) is 1. The van der Waals surface area contributed by atoms with E-state index < -0.39 is 0 Å². The highest BCUT2D eigenvalue weighted by molar-refractivity contribution is 7.99. The van der Waals surface area contributed by atoms with E-state index in [9.17, 15) is 9.18 Å². The van der Waals surface area contributed by atoms with E-state index in [1.54, 1.807) is 12.1 Å². The van der Waals surface area contributed by atoms with Crippen LogP contribution in [-0.2, 0) is 10.5 Å². The number of rotatable bonds is 8. The van der Waals surface area contributed by atoms with Crippen molar-refractivity contribution in [2.75, 3.05) is 18.9 Å². The second-order valence-corrected chi connectivity index (χ2v) is 4.89. The molecule has 0 saturated heterocycles. The van der Waals surface area contributed by atoms with Gasteiger partial charge in [0.05, 0.1) is 5.75 Å². The van der Waals surface area contributed by atoms with Gasteiger partial charge in [-0.1, -0.05) is 12.1 Å². The van der Waals surface area contributed by atoms with E-state index in [2.05, 4.69) is 5.32 Å². The summed E-state index contributed by atoms with van der Waals surface area (Å²) >= 11 is 1.50. The average Bonchev–Trinajstić information content (AvgIpc) is 2.37. The number of hydrogen-bond donors (Lipinski definition) is 2. The van der Waals surface area contributed by atoms with Crippen molar-refractivity contribution in [3.63, 3.8) is 0 Å². The summed E-state index contributed by atoms with van der Waals surface area (Å²) in [6, 6.07) is 6.29. The van der Waals surface area contributed by atoms with Crippen molar-refractivity contribution < 1.29 is 14.3 Å². The SMILES string of the molecule is O=C(CSCc1ccc(F)cc1)NCCCCO. The predicted octanol–water partition coefficient (Wildman–Crippen LogP) is 1.95. The molecule has 0 fully saturated rings. The Morgan fingerprint density at radius 3 is 2.67 bits per heavy atom. The predicted molar refractivity (Wildman–Crippen MR) is 71.9 cm³/mol. The first kappa shape index (κ1) is 15.0. The molecule has 0 atom stereocenters. The minimum Gasteiger partial charge on any atom is -0.396 e. The molecular weight excluding hydrogens is 253 g/mol. The highest BCUT2D eigenvalue weighted by Gasteiger charge is 2.01. The fourth-order valence-corrected chi connectivity index (χ4v) is 2.18. The third-order valence-electron chi connectivity index (χ3n) is 2.32. The molecule has 1 rings (SSSR count). The van der Waals surface area contributed by atoms with Crippen LogP contribution in [0.1, 0.15) is 18.4 Å². The Hall–Kier alpha value is -1.07. The molecule has 1 amide bonds. The number of halogens is 1. The Kier molecular flexibility index (Phi) is 7.44. The molecule has 5 heteroatoms. The number of thioether (sulfide) groups is 1. The summed E-state index contributed by atoms with van der Waals surface area (Å²) in [7, 11) is 0. The monoisotopic (exact) mass is 271 g/mol. The molecule has 1 aromatic carbocycles. The van der Waals surface area contributed by atoms with Gasteiger partial charge in [-0.3, -0.25) is 4.79 Å². The molecule has 3 nitrogen and oxygen atoms in total. The summed E-state index contributed by atoms with van der Waals surface area (Å²) in [4.78, 5) is 11.4. The number of nitrogens with one attached hydrogen (secondary N) is 1. The van der Waals surface area contributed by atoms with Gasteiger partial charge in [0.15, 0.2) is 0 Å². The molecular formula is C13H18FNO2S. The second-order valence-electron chi connectivity index (χ2n) is 3.90. The van der Waals surface area contributed by atoms with E-state index in [0.717, 1.165) is 12.0 Å². The maximum Gasteiger partial charge on any atom is 0.230 e. The zero-order valence-electron chi connectivity index (χ0n) is 10.2. The minimum atomic E-state index is -0.245. The number of carbonyl (C=O) groups is 1. The Morgan fingerprint density at radius 1 is 1.28 bits per heavy atom. The molecule has 0 heterocycles. The molecule has 0 bridgehead atoms. The van der Waals surface area contributed by atoms with Gasteiger partial charge in [-0.05, 0) is 30.5 Å². The van der Waals surface area contributed by atoms with E-state index in [0.29, 0.717) is 24.5 Å². The van der Waals surface area contributed by atoms with Gasteiger partial charge in [0.1, 0.15) is 5.82 Å². The molecule has 0 aliphatic rings. The number of aliphatic hydroxyl groups is 1. The van der Waals surface area contributed by atoms with Crippen LogP contribution in [0.15, 0.2) is 24.3 Å². The summed E-state index contributed by atoms with van der Waals surface area (Å²) in [6.45, 7) is 0.770. The molecule has 18 heavy (non-hydrogen) atoms. The smallest absolute Gasteiger partial charge is 0.230 e. The van der Waals surface area contributed by atoms with Gasteiger partial charge in [-0.25, -0.2) is 4.39 Å². The largest absolute Gasteiger partial charge is 0.396 e. The minimum absolute atomic E-state index is 0.0000477. The highest BCUT2D eigenvalue weighted by Crippen LogP contribution is 2.12. The van der Waals surface area contributed by atoms with Gasteiger partial charge in [-0.15, -0.1) is 11.8 Å². The second kappa shape index (κ2) is 8.94. The van der Waals surface area contributed by atoms with Gasteiger partial charge in [0, 0.05) is 18.9 Å². The quantitative estimate of drug-likeness (QED) is 0.711. The first-order chi connectivity index (χ1) is 8.72. The number of aliphatic hydroxyl groups excluding tert-OH is 1. The lowest BCUT2D eigenvalue weighted by atomic mass is 10.2. The summed E-state index contributed by atoms with van der Waals surface area (Å²) in [5.41, 5.74) is 1.01. The molecule has 100 valence electrons.